The van der Waals surface area contributed by atoms with Gasteiger partial charge >= 0.3 is 0 Å². The molecule has 1 amide bonds. The van der Waals surface area contributed by atoms with Crippen LogP contribution in [0.3, 0.4) is 0 Å². The van der Waals surface area contributed by atoms with E-state index >= 15 is 0 Å². The Hall–Kier alpha value is -1.43. The van der Waals surface area contributed by atoms with Crippen LogP contribution in [-0.4, -0.2) is 39.7 Å². The predicted octanol–water partition coefficient (Wildman–Crippen LogP) is -0.325. The minimum absolute atomic E-state index is 0.174. The molecule has 1 aliphatic rings. The zero-order valence-electron chi connectivity index (χ0n) is 8.66. The summed E-state index contributed by atoms with van der Waals surface area (Å²) in [5.74, 6) is 0.104. The smallest absolute Gasteiger partial charge is 0.288 e. The normalized spacial score (nSPS) is 26.2. The van der Waals surface area contributed by atoms with Crippen molar-refractivity contribution in [1.82, 2.24) is 25.8 Å². The van der Waals surface area contributed by atoms with Crippen molar-refractivity contribution in [2.75, 3.05) is 6.54 Å². The Bertz CT molecular complexity index is 323. The van der Waals surface area contributed by atoms with Crippen LogP contribution in [-0.2, 0) is 0 Å². The number of piperidine rings is 1. The molecular weight excluding hydrogens is 194 g/mol. The molecule has 0 spiro atoms. The first-order chi connectivity index (χ1) is 7.25. The third-order valence-corrected chi connectivity index (χ3v) is 2.59. The highest BCUT2D eigenvalue weighted by Gasteiger charge is 2.21. The summed E-state index contributed by atoms with van der Waals surface area (Å²) in [6, 6.07) is 0.692. The molecule has 2 rings (SSSR count). The average molecular weight is 209 g/mol. The molecule has 0 bridgehead atoms. The third kappa shape index (κ3) is 2.53. The monoisotopic (exact) mass is 209 g/mol. The van der Waals surface area contributed by atoms with Gasteiger partial charge in [0.2, 0.25) is 5.82 Å². The lowest BCUT2D eigenvalue weighted by Crippen LogP contribution is -2.46. The minimum Gasteiger partial charge on any atom is -0.346 e. The highest BCUT2D eigenvalue weighted by molar-refractivity contribution is 5.90. The van der Waals surface area contributed by atoms with Crippen LogP contribution in [0.15, 0.2) is 6.33 Å². The highest BCUT2D eigenvalue weighted by atomic mass is 16.2. The van der Waals surface area contributed by atoms with E-state index in [1.165, 1.54) is 6.33 Å². The molecule has 0 saturated carbocycles. The summed E-state index contributed by atoms with van der Waals surface area (Å²) in [5.41, 5.74) is 0. The summed E-state index contributed by atoms with van der Waals surface area (Å²) in [6.45, 7) is 3.06. The van der Waals surface area contributed by atoms with E-state index in [2.05, 4.69) is 32.7 Å². The van der Waals surface area contributed by atoms with Crippen LogP contribution in [0.2, 0.25) is 0 Å². The van der Waals surface area contributed by atoms with Crippen LogP contribution in [0.1, 0.15) is 30.4 Å². The van der Waals surface area contributed by atoms with Crippen LogP contribution >= 0.6 is 0 Å². The summed E-state index contributed by atoms with van der Waals surface area (Å²) in [4.78, 5) is 15.4. The van der Waals surface area contributed by atoms with Crippen LogP contribution in [0.4, 0.5) is 0 Å². The first-order valence-electron chi connectivity index (χ1n) is 5.15. The Balaban J connectivity index is 1.89. The molecule has 6 heteroatoms. The van der Waals surface area contributed by atoms with Crippen molar-refractivity contribution in [3.63, 3.8) is 0 Å². The summed E-state index contributed by atoms with van der Waals surface area (Å²) in [7, 11) is 0. The summed E-state index contributed by atoms with van der Waals surface area (Å²) < 4.78 is 0. The number of aromatic nitrogens is 3. The van der Waals surface area contributed by atoms with Crippen molar-refractivity contribution in [2.24, 2.45) is 0 Å². The number of nitrogens with one attached hydrogen (secondary N) is 3. The maximum atomic E-state index is 11.6. The van der Waals surface area contributed by atoms with Crippen molar-refractivity contribution in [1.29, 1.82) is 0 Å². The lowest BCUT2D eigenvalue weighted by molar-refractivity contribution is 0.0915. The van der Waals surface area contributed by atoms with Gasteiger partial charge in [0.15, 0.2) is 0 Å². The molecule has 1 aliphatic heterocycles. The van der Waals surface area contributed by atoms with Gasteiger partial charge in [-0.2, -0.15) is 5.10 Å². The van der Waals surface area contributed by atoms with Gasteiger partial charge < -0.3 is 10.6 Å². The Labute approximate surface area is 87.9 Å². The number of hydrogen-bond acceptors (Lipinski definition) is 4. The van der Waals surface area contributed by atoms with Gasteiger partial charge in [-0.05, 0) is 26.3 Å². The van der Waals surface area contributed by atoms with Crippen molar-refractivity contribution < 1.29 is 4.79 Å². The van der Waals surface area contributed by atoms with Crippen molar-refractivity contribution in [3.05, 3.63) is 12.2 Å². The molecule has 82 valence electrons. The van der Waals surface area contributed by atoms with E-state index < -0.39 is 0 Å². The lowest BCUT2D eigenvalue weighted by atomic mass is 10.0. The topological polar surface area (TPSA) is 82.7 Å². The Morgan fingerprint density at radius 1 is 1.67 bits per heavy atom. The second-order valence-electron chi connectivity index (χ2n) is 3.88. The van der Waals surface area contributed by atoms with Gasteiger partial charge in [-0.25, -0.2) is 4.98 Å². The molecular formula is C9H15N5O. The standard InChI is InChI=1S/C9H15N5O/c1-6-4-7(2-3-10-6)13-9(15)8-11-5-12-14-8/h5-7,10H,2-4H2,1H3,(H,13,15)(H,11,12,14). The molecule has 15 heavy (non-hydrogen) atoms. The zero-order valence-corrected chi connectivity index (χ0v) is 8.66. The molecule has 0 aliphatic carbocycles. The quantitative estimate of drug-likeness (QED) is 0.623. The molecule has 0 aromatic carbocycles. The maximum Gasteiger partial charge on any atom is 0.288 e. The summed E-state index contributed by atoms with van der Waals surface area (Å²) in [6.07, 6.45) is 3.25. The zero-order chi connectivity index (χ0) is 10.7. The number of amides is 1. The fraction of sp³-hybridized carbons (Fsp3) is 0.667. The third-order valence-electron chi connectivity index (χ3n) is 2.59. The maximum absolute atomic E-state index is 11.6. The van der Waals surface area contributed by atoms with Crippen molar-refractivity contribution >= 4 is 5.91 Å². The van der Waals surface area contributed by atoms with E-state index in [1.807, 2.05) is 0 Å². The van der Waals surface area contributed by atoms with Crippen molar-refractivity contribution in [2.45, 2.75) is 31.8 Å². The fourth-order valence-electron chi connectivity index (χ4n) is 1.83. The second-order valence-corrected chi connectivity index (χ2v) is 3.88. The minimum atomic E-state index is -0.174. The predicted molar refractivity (Wildman–Crippen MR) is 54.3 cm³/mol. The summed E-state index contributed by atoms with van der Waals surface area (Å²) in [5, 5.41) is 12.5. The SMILES string of the molecule is CC1CC(NC(=O)c2ncn[nH]2)CCN1. The van der Waals surface area contributed by atoms with Crippen LogP contribution in [0, 0.1) is 0 Å². The number of H-pyrrole nitrogens is 1. The molecule has 3 N–H and O–H groups in total. The van der Waals surface area contributed by atoms with E-state index in [1.54, 1.807) is 0 Å². The van der Waals surface area contributed by atoms with Gasteiger partial charge in [-0.15, -0.1) is 0 Å². The molecule has 0 radical (unpaired) electrons. The van der Waals surface area contributed by atoms with Gasteiger partial charge in [-0.3, -0.25) is 9.89 Å². The van der Waals surface area contributed by atoms with E-state index in [-0.39, 0.29) is 17.8 Å². The van der Waals surface area contributed by atoms with Gasteiger partial charge in [0.25, 0.3) is 5.91 Å². The number of nitrogens with zero attached hydrogens (tertiary/aromatic N) is 2. The average Bonchev–Trinajstić information content (AvgIpc) is 2.70. The van der Waals surface area contributed by atoms with E-state index in [4.69, 9.17) is 0 Å². The largest absolute Gasteiger partial charge is 0.346 e. The van der Waals surface area contributed by atoms with Gasteiger partial charge in [-0.1, -0.05) is 0 Å². The summed E-state index contributed by atoms with van der Waals surface area (Å²) >= 11 is 0. The number of aromatic amines is 1. The van der Waals surface area contributed by atoms with Gasteiger partial charge in [0, 0.05) is 12.1 Å². The van der Waals surface area contributed by atoms with Gasteiger partial charge in [0.05, 0.1) is 0 Å². The molecule has 2 heterocycles. The first-order valence-corrected chi connectivity index (χ1v) is 5.15. The Kier molecular flexibility index (Phi) is 2.96. The fourth-order valence-corrected chi connectivity index (χ4v) is 1.83. The molecule has 1 fully saturated rings. The van der Waals surface area contributed by atoms with Crippen molar-refractivity contribution in [3.8, 4) is 0 Å². The molecule has 1 aromatic heterocycles. The number of rotatable bonds is 2. The molecule has 2 unspecified atom stereocenters. The number of carbonyl (C=O) groups excluding carboxylic acids is 1. The number of hydrogen-bond donors (Lipinski definition) is 3. The van der Waals surface area contributed by atoms with Crippen LogP contribution in [0.5, 0.6) is 0 Å². The molecule has 1 saturated heterocycles. The molecule has 2 atom stereocenters. The van der Waals surface area contributed by atoms with E-state index in [9.17, 15) is 4.79 Å². The second kappa shape index (κ2) is 4.39. The van der Waals surface area contributed by atoms with Gasteiger partial charge in [0.1, 0.15) is 6.33 Å². The van der Waals surface area contributed by atoms with Crippen LogP contribution in [0.25, 0.3) is 0 Å². The Morgan fingerprint density at radius 2 is 2.53 bits per heavy atom. The Morgan fingerprint density at radius 3 is 3.20 bits per heavy atom. The van der Waals surface area contributed by atoms with E-state index in [0.29, 0.717) is 6.04 Å². The molecule has 1 aromatic rings. The number of carbonyl (C=O) groups is 1. The first kappa shape index (κ1) is 10.1. The lowest BCUT2D eigenvalue weighted by Gasteiger charge is -2.28. The highest BCUT2D eigenvalue weighted by Crippen LogP contribution is 2.08. The molecule has 6 nitrogen and oxygen atoms in total. The van der Waals surface area contributed by atoms with E-state index in [0.717, 1.165) is 19.4 Å². The van der Waals surface area contributed by atoms with Crippen LogP contribution < -0.4 is 10.6 Å².